The van der Waals surface area contributed by atoms with Crippen LogP contribution in [0.2, 0.25) is 0 Å². The van der Waals surface area contributed by atoms with Crippen LogP contribution in [0.15, 0.2) is 103 Å². The Morgan fingerprint density at radius 1 is 0.865 bits per heavy atom. The van der Waals surface area contributed by atoms with E-state index in [0.29, 0.717) is 12.4 Å². The smallest absolute Gasteiger partial charge is 0.326 e. The molecule has 1 amide bonds. The number of fused-ring (bicyclic) bond motifs is 1. The van der Waals surface area contributed by atoms with E-state index in [1.54, 1.807) is 0 Å². The molecule has 0 aromatic heterocycles. The zero-order valence-electron chi connectivity index (χ0n) is 20.7. The molecule has 1 N–H and O–H groups in total. The monoisotopic (exact) mass is 491 g/mol. The van der Waals surface area contributed by atoms with Crippen molar-refractivity contribution in [2.24, 2.45) is 0 Å². The zero-order valence-corrected chi connectivity index (χ0v) is 20.7. The molecular formula is C32H29NO4. The van der Waals surface area contributed by atoms with Crippen LogP contribution in [-0.4, -0.2) is 27.9 Å². The highest BCUT2D eigenvalue weighted by Crippen LogP contribution is 2.37. The normalized spacial score (nSPS) is 14.8. The number of nitrogens with zero attached hydrogens (tertiary/aromatic N) is 1. The van der Waals surface area contributed by atoms with Crippen molar-refractivity contribution in [2.45, 2.75) is 38.5 Å². The van der Waals surface area contributed by atoms with Gasteiger partial charge < -0.3 is 14.7 Å². The van der Waals surface area contributed by atoms with E-state index in [4.69, 9.17) is 4.74 Å². The second-order valence-electron chi connectivity index (χ2n) is 9.40. The summed E-state index contributed by atoms with van der Waals surface area (Å²) in [6.45, 7) is 2.57. The van der Waals surface area contributed by atoms with E-state index in [9.17, 15) is 14.7 Å². The fourth-order valence-corrected chi connectivity index (χ4v) is 5.07. The lowest BCUT2D eigenvalue weighted by Crippen LogP contribution is -2.50. The van der Waals surface area contributed by atoms with Crippen LogP contribution in [0, 0.1) is 6.92 Å². The van der Waals surface area contributed by atoms with Crippen LogP contribution >= 0.6 is 0 Å². The molecule has 5 nitrogen and oxygen atoms in total. The van der Waals surface area contributed by atoms with Crippen molar-refractivity contribution in [3.8, 4) is 5.75 Å². The third-order valence-electron chi connectivity index (χ3n) is 6.98. The Morgan fingerprint density at radius 2 is 1.43 bits per heavy atom. The first kappa shape index (κ1) is 24.3. The standard InChI is InChI=1S/C32H29NO4/c1-22-17-18-26-20-33(31(34)29(24-13-7-3-8-14-24)25-15-9-4-10-16-25)28(32(35)36)19-27(26)30(22)37-21-23-11-5-2-6-12-23/h2-18,28-29H,19-21H2,1H3,(H,35,36)/t28-/m0/s1. The molecule has 0 unspecified atom stereocenters. The molecule has 4 aromatic carbocycles. The first-order chi connectivity index (χ1) is 18.0. The number of aryl methyl sites for hydroxylation is 1. The summed E-state index contributed by atoms with van der Waals surface area (Å²) < 4.78 is 6.23. The molecule has 0 fully saturated rings. The van der Waals surface area contributed by atoms with E-state index < -0.39 is 17.9 Å². The van der Waals surface area contributed by atoms with E-state index in [-0.39, 0.29) is 18.9 Å². The molecule has 0 aliphatic carbocycles. The van der Waals surface area contributed by atoms with E-state index >= 15 is 0 Å². The van der Waals surface area contributed by atoms with Gasteiger partial charge in [-0.2, -0.15) is 0 Å². The number of aliphatic carboxylic acids is 1. The number of carboxylic acids is 1. The molecule has 0 spiro atoms. The van der Waals surface area contributed by atoms with E-state index in [1.165, 1.54) is 4.90 Å². The molecule has 4 aromatic rings. The number of rotatable bonds is 7. The molecule has 37 heavy (non-hydrogen) atoms. The van der Waals surface area contributed by atoms with Crippen molar-refractivity contribution < 1.29 is 19.4 Å². The molecule has 0 radical (unpaired) electrons. The van der Waals surface area contributed by atoms with Crippen molar-refractivity contribution in [2.75, 3.05) is 0 Å². The van der Waals surface area contributed by atoms with Crippen LogP contribution in [0.25, 0.3) is 0 Å². The molecule has 0 bridgehead atoms. The number of hydrogen-bond acceptors (Lipinski definition) is 3. The van der Waals surface area contributed by atoms with Gasteiger partial charge in [0, 0.05) is 18.5 Å². The van der Waals surface area contributed by atoms with Gasteiger partial charge in [0.2, 0.25) is 5.91 Å². The Balaban J connectivity index is 1.50. The first-order valence-electron chi connectivity index (χ1n) is 12.4. The van der Waals surface area contributed by atoms with Crippen molar-refractivity contribution >= 4 is 11.9 Å². The van der Waals surface area contributed by atoms with Gasteiger partial charge in [-0.25, -0.2) is 4.79 Å². The number of carbonyl (C=O) groups excluding carboxylic acids is 1. The van der Waals surface area contributed by atoms with Gasteiger partial charge in [0.1, 0.15) is 18.4 Å². The molecule has 1 aliphatic heterocycles. The highest BCUT2D eigenvalue weighted by Gasteiger charge is 2.39. The maximum atomic E-state index is 14.1. The zero-order chi connectivity index (χ0) is 25.8. The van der Waals surface area contributed by atoms with E-state index in [0.717, 1.165) is 33.4 Å². The molecule has 1 heterocycles. The van der Waals surface area contributed by atoms with Crippen molar-refractivity contribution in [1.82, 2.24) is 4.90 Å². The summed E-state index contributed by atoms with van der Waals surface area (Å²) in [4.78, 5) is 28.2. The minimum Gasteiger partial charge on any atom is -0.488 e. The number of ether oxygens (including phenoxy) is 1. The van der Waals surface area contributed by atoms with Crippen LogP contribution in [0.5, 0.6) is 5.75 Å². The highest BCUT2D eigenvalue weighted by molar-refractivity contribution is 5.91. The molecule has 0 saturated carbocycles. The molecular weight excluding hydrogens is 462 g/mol. The van der Waals surface area contributed by atoms with Crippen LogP contribution < -0.4 is 4.74 Å². The predicted molar refractivity (Wildman–Crippen MR) is 142 cm³/mol. The molecule has 1 atom stereocenters. The van der Waals surface area contributed by atoms with Crippen molar-refractivity contribution in [3.63, 3.8) is 0 Å². The maximum absolute atomic E-state index is 14.1. The Hall–Kier alpha value is -4.38. The Kier molecular flexibility index (Phi) is 7.04. The minimum absolute atomic E-state index is 0.193. The van der Waals surface area contributed by atoms with Crippen molar-refractivity contribution in [1.29, 1.82) is 0 Å². The maximum Gasteiger partial charge on any atom is 0.326 e. The molecule has 1 aliphatic rings. The van der Waals surface area contributed by atoms with Gasteiger partial charge in [0.25, 0.3) is 0 Å². The van der Waals surface area contributed by atoms with Crippen LogP contribution in [-0.2, 0) is 29.2 Å². The van der Waals surface area contributed by atoms with Gasteiger partial charge in [0.15, 0.2) is 0 Å². The summed E-state index contributed by atoms with van der Waals surface area (Å²) >= 11 is 0. The fraction of sp³-hybridized carbons (Fsp3) is 0.188. The number of hydrogen-bond donors (Lipinski definition) is 1. The van der Waals surface area contributed by atoms with Gasteiger partial charge in [0.05, 0.1) is 5.92 Å². The Bertz CT molecular complexity index is 1350. The summed E-state index contributed by atoms with van der Waals surface area (Å²) in [6, 6.07) is 32.0. The lowest BCUT2D eigenvalue weighted by atomic mass is 9.86. The van der Waals surface area contributed by atoms with Gasteiger partial charge >= 0.3 is 5.97 Å². The second kappa shape index (κ2) is 10.7. The summed E-state index contributed by atoms with van der Waals surface area (Å²) in [6.07, 6.45) is 0.193. The lowest BCUT2D eigenvalue weighted by Gasteiger charge is -2.37. The predicted octanol–water partition coefficient (Wildman–Crippen LogP) is 5.74. The second-order valence-corrected chi connectivity index (χ2v) is 9.40. The summed E-state index contributed by atoms with van der Waals surface area (Å²) in [5, 5.41) is 10.2. The minimum atomic E-state index is -1.02. The Morgan fingerprint density at radius 3 is 2.00 bits per heavy atom. The van der Waals surface area contributed by atoms with Gasteiger partial charge in [-0.15, -0.1) is 0 Å². The van der Waals surface area contributed by atoms with Gasteiger partial charge in [-0.3, -0.25) is 4.79 Å². The summed E-state index contributed by atoms with van der Waals surface area (Å²) in [7, 11) is 0. The number of carbonyl (C=O) groups is 2. The fourth-order valence-electron chi connectivity index (χ4n) is 5.07. The number of carboxylic acid groups (broad SMARTS) is 1. The molecule has 186 valence electrons. The van der Waals surface area contributed by atoms with Crippen LogP contribution in [0.4, 0.5) is 0 Å². The Labute approximate surface area is 217 Å². The lowest BCUT2D eigenvalue weighted by molar-refractivity contribution is -0.151. The third-order valence-corrected chi connectivity index (χ3v) is 6.98. The van der Waals surface area contributed by atoms with E-state index in [2.05, 4.69) is 0 Å². The quantitative estimate of drug-likeness (QED) is 0.358. The largest absolute Gasteiger partial charge is 0.488 e. The van der Waals surface area contributed by atoms with Gasteiger partial charge in [-0.05, 0) is 34.7 Å². The highest BCUT2D eigenvalue weighted by atomic mass is 16.5. The van der Waals surface area contributed by atoms with Crippen LogP contribution in [0.3, 0.4) is 0 Å². The summed E-state index contributed by atoms with van der Waals surface area (Å²) in [5.41, 5.74) is 5.44. The average Bonchev–Trinajstić information content (AvgIpc) is 2.93. The molecule has 5 rings (SSSR count). The van der Waals surface area contributed by atoms with Crippen molar-refractivity contribution in [3.05, 3.63) is 137 Å². The topological polar surface area (TPSA) is 66.8 Å². The third kappa shape index (κ3) is 5.12. The molecule has 5 heteroatoms. The van der Waals surface area contributed by atoms with E-state index in [1.807, 2.05) is 110 Å². The van der Waals surface area contributed by atoms with Crippen LogP contribution in [0.1, 0.15) is 39.3 Å². The number of benzene rings is 4. The SMILES string of the molecule is Cc1ccc2c(c1OCc1ccccc1)C[C@@H](C(=O)O)N(C(=O)C(c1ccccc1)c1ccccc1)C2. The summed E-state index contributed by atoms with van der Waals surface area (Å²) in [5.74, 6) is -1.12. The van der Waals surface area contributed by atoms with Gasteiger partial charge in [-0.1, -0.05) is 103 Å². The number of amides is 1. The average molecular weight is 492 g/mol. The molecule has 0 saturated heterocycles. The first-order valence-corrected chi connectivity index (χ1v) is 12.4.